The maximum atomic E-state index is 10.8. The Morgan fingerprint density at radius 1 is 1.60 bits per heavy atom. The highest BCUT2D eigenvalue weighted by Crippen LogP contribution is 2.09. The van der Waals surface area contributed by atoms with Gasteiger partial charge in [0.25, 0.3) is 0 Å². The molecule has 4 heteroatoms. The molecule has 2 unspecified atom stereocenters. The van der Waals surface area contributed by atoms with E-state index in [1.807, 2.05) is 32.2 Å². The molecule has 1 aromatic rings. The van der Waals surface area contributed by atoms with E-state index in [4.69, 9.17) is 5.73 Å². The predicted octanol–water partition coefficient (Wildman–Crippen LogP) is 0.854. The molecule has 2 atom stereocenters. The van der Waals surface area contributed by atoms with Crippen molar-refractivity contribution in [3.63, 3.8) is 0 Å². The molecule has 1 heterocycles. The lowest BCUT2D eigenvalue weighted by molar-refractivity contribution is -0.121. The number of rotatable bonds is 5. The second-order valence-electron chi connectivity index (χ2n) is 3.72. The Bertz CT molecular complexity index is 313. The van der Waals surface area contributed by atoms with Crippen molar-refractivity contribution in [2.75, 3.05) is 6.54 Å². The van der Waals surface area contributed by atoms with Gasteiger partial charge >= 0.3 is 0 Å². The van der Waals surface area contributed by atoms with Gasteiger partial charge in [0, 0.05) is 30.9 Å². The number of nitrogens with two attached hydrogens (primary N) is 1. The first-order valence-corrected chi connectivity index (χ1v) is 5.04. The van der Waals surface area contributed by atoms with Crippen LogP contribution in [0.25, 0.3) is 0 Å². The van der Waals surface area contributed by atoms with E-state index in [0.717, 1.165) is 5.56 Å². The second-order valence-corrected chi connectivity index (χ2v) is 3.72. The highest BCUT2D eigenvalue weighted by molar-refractivity contribution is 5.76. The Balaban J connectivity index is 2.43. The molecule has 0 aliphatic carbocycles. The summed E-state index contributed by atoms with van der Waals surface area (Å²) in [5.41, 5.74) is 6.28. The van der Waals surface area contributed by atoms with Gasteiger partial charge in [0.2, 0.25) is 5.91 Å². The molecule has 0 saturated carbocycles. The summed E-state index contributed by atoms with van der Waals surface area (Å²) in [4.78, 5) is 14.9. The monoisotopic (exact) mass is 207 g/mol. The van der Waals surface area contributed by atoms with Crippen molar-refractivity contribution < 1.29 is 4.79 Å². The summed E-state index contributed by atoms with van der Waals surface area (Å²) in [6.07, 6.45) is 3.55. The highest BCUT2D eigenvalue weighted by Gasteiger charge is 2.10. The van der Waals surface area contributed by atoms with Gasteiger partial charge in [-0.05, 0) is 18.6 Å². The number of nitrogens with zero attached hydrogens (tertiary/aromatic N) is 1. The molecule has 1 amide bonds. The number of amides is 1. The van der Waals surface area contributed by atoms with Crippen LogP contribution in [-0.4, -0.2) is 17.4 Å². The van der Waals surface area contributed by atoms with Gasteiger partial charge in [-0.2, -0.15) is 0 Å². The predicted molar refractivity (Wildman–Crippen MR) is 59.0 cm³/mol. The van der Waals surface area contributed by atoms with Crippen LogP contribution < -0.4 is 11.1 Å². The molecule has 15 heavy (non-hydrogen) atoms. The molecule has 4 nitrogen and oxygen atoms in total. The molecular weight excluding hydrogens is 190 g/mol. The molecule has 82 valence electrons. The van der Waals surface area contributed by atoms with Crippen LogP contribution in [0.1, 0.15) is 25.5 Å². The van der Waals surface area contributed by atoms with Gasteiger partial charge in [-0.3, -0.25) is 9.78 Å². The summed E-state index contributed by atoms with van der Waals surface area (Å²) in [5.74, 6) is -0.426. The first-order chi connectivity index (χ1) is 7.11. The van der Waals surface area contributed by atoms with Crippen LogP contribution in [0.4, 0.5) is 0 Å². The van der Waals surface area contributed by atoms with E-state index >= 15 is 0 Å². The number of aromatic nitrogens is 1. The molecule has 1 aromatic heterocycles. The molecule has 0 saturated heterocycles. The Hall–Kier alpha value is -1.42. The van der Waals surface area contributed by atoms with E-state index in [1.165, 1.54) is 0 Å². The van der Waals surface area contributed by atoms with E-state index in [0.29, 0.717) is 6.54 Å². The van der Waals surface area contributed by atoms with E-state index in [1.54, 1.807) is 6.20 Å². The lowest BCUT2D eigenvalue weighted by Gasteiger charge is -2.15. The van der Waals surface area contributed by atoms with Crippen LogP contribution in [0, 0.1) is 5.92 Å². The van der Waals surface area contributed by atoms with E-state index in [-0.39, 0.29) is 17.9 Å². The van der Waals surface area contributed by atoms with Crippen molar-refractivity contribution in [3.8, 4) is 0 Å². The maximum absolute atomic E-state index is 10.8. The molecule has 0 aromatic carbocycles. The molecule has 0 radical (unpaired) electrons. The van der Waals surface area contributed by atoms with Crippen LogP contribution in [0.5, 0.6) is 0 Å². The van der Waals surface area contributed by atoms with Crippen molar-refractivity contribution >= 4 is 5.91 Å². The Morgan fingerprint density at radius 3 is 2.87 bits per heavy atom. The van der Waals surface area contributed by atoms with Gasteiger partial charge in [0.1, 0.15) is 0 Å². The van der Waals surface area contributed by atoms with Crippen molar-refractivity contribution in [3.05, 3.63) is 30.1 Å². The number of carbonyl (C=O) groups excluding carboxylic acids is 1. The number of carbonyl (C=O) groups is 1. The Kier molecular flexibility index (Phi) is 4.24. The van der Waals surface area contributed by atoms with Crippen molar-refractivity contribution in [1.29, 1.82) is 0 Å². The molecular formula is C11H17N3O. The van der Waals surface area contributed by atoms with Crippen LogP contribution >= 0.6 is 0 Å². The first kappa shape index (κ1) is 11.7. The summed E-state index contributed by atoms with van der Waals surface area (Å²) in [6, 6.07) is 4.07. The lowest BCUT2D eigenvalue weighted by atomic mass is 10.1. The minimum Gasteiger partial charge on any atom is -0.369 e. The number of hydrogen-bond acceptors (Lipinski definition) is 3. The fourth-order valence-electron chi connectivity index (χ4n) is 1.20. The molecule has 1 rings (SSSR count). The zero-order valence-electron chi connectivity index (χ0n) is 9.10. The third kappa shape index (κ3) is 3.67. The fraction of sp³-hybridized carbons (Fsp3) is 0.455. The maximum Gasteiger partial charge on any atom is 0.221 e. The first-order valence-electron chi connectivity index (χ1n) is 5.04. The van der Waals surface area contributed by atoms with Gasteiger partial charge in [-0.25, -0.2) is 0 Å². The van der Waals surface area contributed by atoms with Crippen molar-refractivity contribution in [2.24, 2.45) is 11.7 Å². The summed E-state index contributed by atoms with van der Waals surface area (Å²) < 4.78 is 0. The third-order valence-corrected chi connectivity index (χ3v) is 2.40. The molecule has 0 bridgehead atoms. The summed E-state index contributed by atoms with van der Waals surface area (Å²) >= 11 is 0. The standard InChI is InChI=1S/C11H17N3O/c1-8(11(12)15)6-14-9(2)10-4-3-5-13-7-10/h3-5,7-9,14H,6H2,1-2H3,(H2,12,15). The number of hydrogen-bond donors (Lipinski definition) is 2. The normalized spacial score (nSPS) is 14.5. The number of primary amides is 1. The molecule has 3 N–H and O–H groups in total. The number of nitrogens with one attached hydrogen (secondary N) is 1. The van der Waals surface area contributed by atoms with Gasteiger partial charge in [-0.15, -0.1) is 0 Å². The summed E-state index contributed by atoms with van der Waals surface area (Å²) in [7, 11) is 0. The quantitative estimate of drug-likeness (QED) is 0.752. The van der Waals surface area contributed by atoms with Gasteiger partial charge < -0.3 is 11.1 Å². The van der Waals surface area contributed by atoms with Gasteiger partial charge in [0.15, 0.2) is 0 Å². The van der Waals surface area contributed by atoms with Crippen LogP contribution in [0.15, 0.2) is 24.5 Å². The minimum atomic E-state index is -0.277. The lowest BCUT2D eigenvalue weighted by Crippen LogP contribution is -2.32. The van der Waals surface area contributed by atoms with Crippen LogP contribution in [-0.2, 0) is 4.79 Å². The average Bonchev–Trinajstić information content (AvgIpc) is 2.26. The average molecular weight is 207 g/mol. The largest absolute Gasteiger partial charge is 0.369 e. The smallest absolute Gasteiger partial charge is 0.221 e. The molecule has 0 aliphatic heterocycles. The van der Waals surface area contributed by atoms with Crippen LogP contribution in [0.3, 0.4) is 0 Å². The summed E-state index contributed by atoms with van der Waals surface area (Å²) in [6.45, 7) is 4.43. The fourth-order valence-corrected chi connectivity index (χ4v) is 1.20. The highest BCUT2D eigenvalue weighted by atomic mass is 16.1. The SMILES string of the molecule is CC(CNC(C)c1cccnc1)C(N)=O. The van der Waals surface area contributed by atoms with Crippen molar-refractivity contribution in [2.45, 2.75) is 19.9 Å². The Morgan fingerprint density at radius 2 is 2.33 bits per heavy atom. The van der Waals surface area contributed by atoms with E-state index in [9.17, 15) is 4.79 Å². The van der Waals surface area contributed by atoms with Gasteiger partial charge in [0.05, 0.1) is 0 Å². The third-order valence-electron chi connectivity index (χ3n) is 2.40. The van der Waals surface area contributed by atoms with Crippen molar-refractivity contribution in [1.82, 2.24) is 10.3 Å². The second kappa shape index (κ2) is 5.46. The summed E-state index contributed by atoms with van der Waals surface area (Å²) in [5, 5.41) is 3.24. The zero-order chi connectivity index (χ0) is 11.3. The van der Waals surface area contributed by atoms with E-state index in [2.05, 4.69) is 10.3 Å². The minimum absolute atomic E-state index is 0.149. The molecule has 0 spiro atoms. The topological polar surface area (TPSA) is 68.0 Å². The Labute approximate surface area is 89.9 Å². The van der Waals surface area contributed by atoms with Gasteiger partial charge in [-0.1, -0.05) is 13.0 Å². The number of pyridine rings is 1. The molecule has 0 aliphatic rings. The molecule has 0 fully saturated rings. The van der Waals surface area contributed by atoms with Crippen LogP contribution in [0.2, 0.25) is 0 Å². The van der Waals surface area contributed by atoms with E-state index < -0.39 is 0 Å². The zero-order valence-corrected chi connectivity index (χ0v) is 9.10.